The fourth-order valence-corrected chi connectivity index (χ4v) is 2.91. The van der Waals surface area contributed by atoms with Crippen LogP contribution in [0.25, 0.3) is 0 Å². The number of aryl methyl sites for hydroxylation is 2. The van der Waals surface area contributed by atoms with Gasteiger partial charge >= 0.3 is 0 Å². The number of benzene rings is 1. The molecule has 3 nitrogen and oxygen atoms in total. The Morgan fingerprint density at radius 2 is 2.25 bits per heavy atom. The summed E-state index contributed by atoms with van der Waals surface area (Å²) < 4.78 is 6.47. The van der Waals surface area contributed by atoms with Crippen molar-refractivity contribution in [3.63, 3.8) is 0 Å². The van der Waals surface area contributed by atoms with Gasteiger partial charge in [0.15, 0.2) is 0 Å². The lowest BCUT2D eigenvalue weighted by Gasteiger charge is -2.22. The SMILES string of the molecule is Cc1cc(C(=O)NC2CCCc3occc32)ccc1Br. The molecular formula is C16H16BrNO2. The molecule has 104 valence electrons. The maximum atomic E-state index is 12.4. The standard InChI is InChI=1S/C16H16BrNO2/c1-10-9-11(5-6-13(10)17)16(19)18-14-3-2-4-15-12(14)7-8-20-15/h5-9,14H,2-4H2,1H3,(H,18,19). The molecule has 1 atom stereocenters. The molecule has 0 fully saturated rings. The second kappa shape index (κ2) is 5.44. The van der Waals surface area contributed by atoms with Gasteiger partial charge in [-0.25, -0.2) is 0 Å². The molecule has 0 aliphatic heterocycles. The van der Waals surface area contributed by atoms with E-state index in [-0.39, 0.29) is 11.9 Å². The lowest BCUT2D eigenvalue weighted by molar-refractivity contribution is 0.0932. The van der Waals surface area contributed by atoms with Crippen molar-refractivity contribution in [1.29, 1.82) is 0 Å². The predicted molar refractivity (Wildman–Crippen MR) is 80.7 cm³/mol. The van der Waals surface area contributed by atoms with E-state index < -0.39 is 0 Å². The van der Waals surface area contributed by atoms with Gasteiger partial charge < -0.3 is 9.73 Å². The summed E-state index contributed by atoms with van der Waals surface area (Å²) in [5.74, 6) is 0.980. The van der Waals surface area contributed by atoms with E-state index in [0.717, 1.165) is 40.6 Å². The van der Waals surface area contributed by atoms with Crippen LogP contribution in [0.2, 0.25) is 0 Å². The molecule has 2 aromatic rings. The zero-order chi connectivity index (χ0) is 14.1. The number of hydrogen-bond donors (Lipinski definition) is 1. The van der Waals surface area contributed by atoms with Gasteiger partial charge in [0.2, 0.25) is 0 Å². The van der Waals surface area contributed by atoms with E-state index in [1.54, 1.807) is 6.26 Å². The highest BCUT2D eigenvalue weighted by Crippen LogP contribution is 2.30. The third kappa shape index (κ3) is 2.52. The maximum Gasteiger partial charge on any atom is 0.251 e. The molecule has 1 aromatic heterocycles. The molecule has 0 spiro atoms. The number of rotatable bonds is 2. The second-order valence-electron chi connectivity index (χ2n) is 5.18. The van der Waals surface area contributed by atoms with Gasteiger partial charge in [-0.2, -0.15) is 0 Å². The summed E-state index contributed by atoms with van der Waals surface area (Å²) in [6.45, 7) is 1.98. The first-order chi connectivity index (χ1) is 9.65. The molecule has 1 aliphatic carbocycles. The molecule has 1 aromatic carbocycles. The lowest BCUT2D eigenvalue weighted by Crippen LogP contribution is -2.30. The molecule has 0 bridgehead atoms. The summed E-state index contributed by atoms with van der Waals surface area (Å²) in [5, 5.41) is 3.11. The van der Waals surface area contributed by atoms with Gasteiger partial charge in [-0.3, -0.25) is 4.79 Å². The second-order valence-corrected chi connectivity index (χ2v) is 6.04. The minimum absolute atomic E-state index is 0.0281. The number of hydrogen-bond acceptors (Lipinski definition) is 2. The van der Waals surface area contributed by atoms with Gasteiger partial charge in [0.1, 0.15) is 5.76 Å². The molecule has 0 saturated heterocycles. The number of fused-ring (bicyclic) bond motifs is 1. The minimum atomic E-state index is -0.0281. The number of carbonyl (C=O) groups is 1. The van der Waals surface area contributed by atoms with Crippen LogP contribution >= 0.6 is 15.9 Å². The average Bonchev–Trinajstić information content (AvgIpc) is 2.91. The highest BCUT2D eigenvalue weighted by atomic mass is 79.9. The Morgan fingerprint density at radius 1 is 1.40 bits per heavy atom. The molecule has 1 heterocycles. The van der Waals surface area contributed by atoms with E-state index in [1.165, 1.54) is 0 Å². The molecule has 1 aliphatic rings. The summed E-state index contributed by atoms with van der Waals surface area (Å²) >= 11 is 3.45. The van der Waals surface area contributed by atoms with Crippen LogP contribution in [0.15, 0.2) is 39.4 Å². The number of nitrogens with one attached hydrogen (secondary N) is 1. The first kappa shape index (κ1) is 13.4. The zero-order valence-electron chi connectivity index (χ0n) is 11.3. The fraction of sp³-hybridized carbons (Fsp3) is 0.312. The first-order valence-electron chi connectivity index (χ1n) is 6.78. The number of furan rings is 1. The van der Waals surface area contributed by atoms with Crippen molar-refractivity contribution < 1.29 is 9.21 Å². The van der Waals surface area contributed by atoms with E-state index in [1.807, 2.05) is 31.2 Å². The van der Waals surface area contributed by atoms with Crippen LogP contribution in [0.1, 0.15) is 46.1 Å². The van der Waals surface area contributed by atoms with Crippen molar-refractivity contribution in [3.05, 3.63) is 57.5 Å². The number of carbonyl (C=O) groups excluding carboxylic acids is 1. The van der Waals surface area contributed by atoms with Gasteiger partial charge in [-0.15, -0.1) is 0 Å². The Balaban J connectivity index is 1.79. The van der Waals surface area contributed by atoms with Gasteiger partial charge in [0.25, 0.3) is 5.91 Å². The third-order valence-corrected chi connectivity index (χ3v) is 4.67. The van der Waals surface area contributed by atoms with Crippen molar-refractivity contribution in [2.24, 2.45) is 0 Å². The molecular weight excluding hydrogens is 318 g/mol. The molecule has 4 heteroatoms. The molecule has 1 N–H and O–H groups in total. The molecule has 0 radical (unpaired) electrons. The van der Waals surface area contributed by atoms with Gasteiger partial charge in [0, 0.05) is 22.0 Å². The predicted octanol–water partition coefficient (Wildman–Crippen LogP) is 4.16. The summed E-state index contributed by atoms with van der Waals surface area (Å²) in [6, 6.07) is 7.68. The van der Waals surface area contributed by atoms with Gasteiger partial charge in [-0.1, -0.05) is 15.9 Å². The Hall–Kier alpha value is -1.55. The third-order valence-electron chi connectivity index (χ3n) is 3.78. The van der Waals surface area contributed by atoms with Crippen LogP contribution in [0.5, 0.6) is 0 Å². The van der Waals surface area contributed by atoms with E-state index in [9.17, 15) is 4.79 Å². The monoisotopic (exact) mass is 333 g/mol. The van der Waals surface area contributed by atoms with Crippen LogP contribution in [0.3, 0.4) is 0 Å². The topological polar surface area (TPSA) is 42.2 Å². The summed E-state index contributed by atoms with van der Waals surface area (Å²) in [7, 11) is 0. The molecule has 1 unspecified atom stereocenters. The van der Waals surface area contributed by atoms with Crippen molar-refractivity contribution in [1.82, 2.24) is 5.32 Å². The van der Waals surface area contributed by atoms with Crippen LogP contribution in [0, 0.1) is 6.92 Å². The Bertz CT molecular complexity index is 648. The maximum absolute atomic E-state index is 12.4. The average molecular weight is 334 g/mol. The van der Waals surface area contributed by atoms with Crippen molar-refractivity contribution >= 4 is 21.8 Å². The zero-order valence-corrected chi connectivity index (χ0v) is 12.9. The van der Waals surface area contributed by atoms with Crippen molar-refractivity contribution in [2.75, 3.05) is 0 Å². The molecule has 0 saturated carbocycles. The van der Waals surface area contributed by atoms with Crippen LogP contribution in [0.4, 0.5) is 0 Å². The summed E-state index contributed by atoms with van der Waals surface area (Å²) in [6.07, 6.45) is 4.68. The fourth-order valence-electron chi connectivity index (χ4n) is 2.66. The largest absolute Gasteiger partial charge is 0.469 e. The summed E-state index contributed by atoms with van der Waals surface area (Å²) in [5.41, 5.74) is 2.88. The van der Waals surface area contributed by atoms with Crippen molar-refractivity contribution in [2.45, 2.75) is 32.2 Å². The molecule has 1 amide bonds. The Labute approximate surface area is 126 Å². The van der Waals surface area contributed by atoms with E-state index in [4.69, 9.17) is 4.42 Å². The van der Waals surface area contributed by atoms with Crippen LogP contribution < -0.4 is 5.32 Å². The summed E-state index contributed by atoms with van der Waals surface area (Å²) in [4.78, 5) is 12.4. The lowest BCUT2D eigenvalue weighted by atomic mass is 9.93. The van der Waals surface area contributed by atoms with Crippen molar-refractivity contribution in [3.8, 4) is 0 Å². The van der Waals surface area contributed by atoms with Gasteiger partial charge in [0.05, 0.1) is 12.3 Å². The molecule has 20 heavy (non-hydrogen) atoms. The van der Waals surface area contributed by atoms with E-state index in [0.29, 0.717) is 5.56 Å². The first-order valence-corrected chi connectivity index (χ1v) is 7.58. The highest BCUT2D eigenvalue weighted by Gasteiger charge is 2.24. The van der Waals surface area contributed by atoms with E-state index in [2.05, 4.69) is 21.2 Å². The quantitative estimate of drug-likeness (QED) is 0.896. The smallest absolute Gasteiger partial charge is 0.251 e. The van der Waals surface area contributed by atoms with Crippen LogP contribution in [-0.2, 0) is 6.42 Å². The van der Waals surface area contributed by atoms with Crippen LogP contribution in [-0.4, -0.2) is 5.91 Å². The number of halogens is 1. The molecule has 3 rings (SSSR count). The number of amides is 1. The normalized spacial score (nSPS) is 17.6. The minimum Gasteiger partial charge on any atom is -0.469 e. The van der Waals surface area contributed by atoms with Gasteiger partial charge in [-0.05, 0) is 49.6 Å². The Kier molecular flexibility index (Phi) is 3.66. The van der Waals surface area contributed by atoms with E-state index >= 15 is 0 Å². The Morgan fingerprint density at radius 3 is 3.05 bits per heavy atom. The highest BCUT2D eigenvalue weighted by molar-refractivity contribution is 9.10.